The van der Waals surface area contributed by atoms with E-state index in [1.165, 1.54) is 11.3 Å². The first-order chi connectivity index (χ1) is 15.6. The van der Waals surface area contributed by atoms with Crippen molar-refractivity contribution in [1.82, 2.24) is 14.8 Å². The third kappa shape index (κ3) is 4.96. The van der Waals surface area contributed by atoms with Crippen LogP contribution in [0, 0.1) is 5.92 Å². The van der Waals surface area contributed by atoms with E-state index < -0.39 is 11.7 Å². The predicted molar refractivity (Wildman–Crippen MR) is 120 cm³/mol. The number of morpholine rings is 1. The van der Waals surface area contributed by atoms with E-state index in [-0.39, 0.29) is 12.5 Å². The summed E-state index contributed by atoms with van der Waals surface area (Å²) in [5, 5.41) is 0.668. The molecule has 2 aromatic rings. The van der Waals surface area contributed by atoms with Crippen molar-refractivity contribution < 1.29 is 23.9 Å². The zero-order chi connectivity index (χ0) is 22.5. The standard InChI is InChI=1S/C24H31N3O5/c1-31-18-7-8-19-20(14-25-21(19)13-18)23(29)24(30)27(15-17-5-3-2-4-6-17)16-22(28)26-9-11-32-12-10-26/h7-8,13-14,17,25H,2-6,9-12,15-16H2,1H3. The number of nitrogens with zero attached hydrogens (tertiary/aromatic N) is 2. The maximum atomic E-state index is 13.3. The van der Waals surface area contributed by atoms with Gasteiger partial charge in [0, 0.05) is 42.8 Å². The maximum Gasteiger partial charge on any atom is 0.295 e. The number of aromatic amines is 1. The van der Waals surface area contributed by atoms with Gasteiger partial charge in [-0.05, 0) is 30.9 Å². The average Bonchev–Trinajstić information content (AvgIpc) is 3.27. The van der Waals surface area contributed by atoms with Crippen molar-refractivity contribution in [3.63, 3.8) is 0 Å². The molecule has 2 amide bonds. The number of rotatable bonds is 7. The molecule has 0 bridgehead atoms. The number of aromatic nitrogens is 1. The summed E-state index contributed by atoms with van der Waals surface area (Å²) in [6.07, 6.45) is 7.07. The monoisotopic (exact) mass is 441 g/mol. The average molecular weight is 442 g/mol. The molecule has 2 heterocycles. The zero-order valence-electron chi connectivity index (χ0n) is 18.6. The number of Topliss-reactive ketones (excluding diaryl/α,β-unsaturated/α-hetero) is 1. The number of hydrogen-bond acceptors (Lipinski definition) is 5. The molecule has 1 aromatic carbocycles. The minimum Gasteiger partial charge on any atom is -0.497 e. The van der Waals surface area contributed by atoms with E-state index >= 15 is 0 Å². The van der Waals surface area contributed by atoms with E-state index in [1.807, 2.05) is 0 Å². The number of ether oxygens (including phenoxy) is 2. The highest BCUT2D eigenvalue weighted by Gasteiger charge is 2.31. The van der Waals surface area contributed by atoms with E-state index in [2.05, 4.69) is 4.98 Å². The number of ketones is 1. The highest BCUT2D eigenvalue weighted by atomic mass is 16.5. The molecule has 1 saturated heterocycles. The molecule has 1 aliphatic carbocycles. The van der Waals surface area contributed by atoms with E-state index in [0.717, 1.165) is 31.2 Å². The van der Waals surface area contributed by atoms with Gasteiger partial charge in [-0.25, -0.2) is 0 Å². The van der Waals surface area contributed by atoms with Gasteiger partial charge in [0.05, 0.1) is 25.9 Å². The molecule has 8 heteroatoms. The molecular weight excluding hydrogens is 410 g/mol. The van der Waals surface area contributed by atoms with E-state index in [9.17, 15) is 14.4 Å². The third-order valence-electron chi connectivity index (χ3n) is 6.51. The topological polar surface area (TPSA) is 91.9 Å². The van der Waals surface area contributed by atoms with Crippen molar-refractivity contribution in [1.29, 1.82) is 0 Å². The number of methoxy groups -OCH3 is 1. The lowest BCUT2D eigenvalue weighted by molar-refractivity contribution is -0.141. The number of H-pyrrole nitrogens is 1. The van der Waals surface area contributed by atoms with Crippen LogP contribution in [0.25, 0.3) is 10.9 Å². The summed E-state index contributed by atoms with van der Waals surface area (Å²) < 4.78 is 10.6. The lowest BCUT2D eigenvalue weighted by Crippen LogP contribution is -2.49. The summed E-state index contributed by atoms with van der Waals surface area (Å²) in [7, 11) is 1.58. The summed E-state index contributed by atoms with van der Waals surface area (Å²) in [5.74, 6) is -0.347. The van der Waals surface area contributed by atoms with Crippen LogP contribution in [0.3, 0.4) is 0 Å². The highest BCUT2D eigenvalue weighted by molar-refractivity contribution is 6.45. The van der Waals surface area contributed by atoms with Gasteiger partial charge >= 0.3 is 0 Å². The van der Waals surface area contributed by atoms with Crippen molar-refractivity contribution >= 4 is 28.5 Å². The largest absolute Gasteiger partial charge is 0.497 e. The van der Waals surface area contributed by atoms with Gasteiger partial charge in [-0.1, -0.05) is 19.3 Å². The Morgan fingerprint density at radius 1 is 1.16 bits per heavy atom. The van der Waals surface area contributed by atoms with Crippen LogP contribution < -0.4 is 4.74 Å². The number of nitrogens with one attached hydrogen (secondary N) is 1. The van der Waals surface area contributed by atoms with Crippen LogP contribution in [0.4, 0.5) is 0 Å². The minimum atomic E-state index is -0.617. The first-order valence-electron chi connectivity index (χ1n) is 11.4. The van der Waals surface area contributed by atoms with Gasteiger partial charge in [0.15, 0.2) is 0 Å². The van der Waals surface area contributed by atoms with Gasteiger partial charge in [0.1, 0.15) is 12.3 Å². The van der Waals surface area contributed by atoms with Crippen molar-refractivity contribution in [2.75, 3.05) is 46.5 Å². The van der Waals surface area contributed by atoms with E-state index in [4.69, 9.17) is 9.47 Å². The number of carbonyl (C=O) groups excluding carboxylic acids is 3. The molecule has 0 atom stereocenters. The fourth-order valence-corrected chi connectivity index (χ4v) is 4.66. The third-order valence-corrected chi connectivity index (χ3v) is 6.51. The Labute approximate surface area is 187 Å². The van der Waals surface area contributed by atoms with Crippen molar-refractivity contribution in [3.05, 3.63) is 30.0 Å². The molecule has 1 saturated carbocycles. The second-order valence-electron chi connectivity index (χ2n) is 8.63. The molecule has 2 aliphatic rings. The van der Waals surface area contributed by atoms with E-state index in [1.54, 1.807) is 36.4 Å². The first kappa shape index (κ1) is 22.3. The molecule has 1 aromatic heterocycles. The Kier molecular flexibility index (Phi) is 7.09. The van der Waals surface area contributed by atoms with Gasteiger partial charge in [0.25, 0.3) is 11.7 Å². The Balaban J connectivity index is 1.54. The Morgan fingerprint density at radius 2 is 1.91 bits per heavy atom. The van der Waals surface area contributed by atoms with Crippen molar-refractivity contribution in [3.8, 4) is 5.75 Å². The molecule has 1 N–H and O–H groups in total. The summed E-state index contributed by atoms with van der Waals surface area (Å²) in [6, 6.07) is 5.33. The Morgan fingerprint density at radius 3 is 2.62 bits per heavy atom. The molecule has 0 unspecified atom stereocenters. The number of hydrogen-bond donors (Lipinski definition) is 1. The molecule has 1 aliphatic heterocycles. The quantitative estimate of drug-likeness (QED) is 0.527. The number of benzene rings is 1. The summed E-state index contributed by atoms with van der Waals surface area (Å²) in [4.78, 5) is 45.7. The van der Waals surface area contributed by atoms with Gasteiger partial charge in [-0.15, -0.1) is 0 Å². The number of fused-ring (bicyclic) bond motifs is 1. The zero-order valence-corrected chi connectivity index (χ0v) is 18.6. The SMILES string of the molecule is COc1ccc2c(C(=O)C(=O)N(CC(=O)N3CCOCC3)CC3CCCCC3)c[nH]c2c1. The smallest absolute Gasteiger partial charge is 0.295 e. The van der Waals surface area contributed by atoms with Gasteiger partial charge in [-0.3, -0.25) is 14.4 Å². The molecule has 2 fully saturated rings. The fourth-order valence-electron chi connectivity index (χ4n) is 4.66. The van der Waals surface area contributed by atoms with Crippen LogP contribution in [0.5, 0.6) is 5.75 Å². The van der Waals surface area contributed by atoms with Crippen molar-refractivity contribution in [2.24, 2.45) is 5.92 Å². The van der Waals surface area contributed by atoms with Gasteiger partial charge in [-0.2, -0.15) is 0 Å². The van der Waals surface area contributed by atoms with Crippen LogP contribution in [-0.2, 0) is 14.3 Å². The van der Waals surface area contributed by atoms with Crippen LogP contribution in [0.15, 0.2) is 24.4 Å². The van der Waals surface area contributed by atoms with Crippen LogP contribution >= 0.6 is 0 Å². The molecular formula is C24H31N3O5. The second-order valence-corrected chi connectivity index (χ2v) is 8.63. The predicted octanol–water partition coefficient (Wildman–Crippen LogP) is 2.63. The maximum absolute atomic E-state index is 13.3. The van der Waals surface area contributed by atoms with Gasteiger partial charge in [0.2, 0.25) is 5.91 Å². The molecule has 172 valence electrons. The molecule has 0 spiro atoms. The molecule has 8 nitrogen and oxygen atoms in total. The second kappa shape index (κ2) is 10.2. The van der Waals surface area contributed by atoms with Gasteiger partial charge < -0.3 is 24.3 Å². The first-order valence-corrected chi connectivity index (χ1v) is 11.4. The Hall–Kier alpha value is -2.87. The molecule has 32 heavy (non-hydrogen) atoms. The molecule has 0 radical (unpaired) electrons. The fraction of sp³-hybridized carbons (Fsp3) is 0.542. The van der Waals surface area contributed by atoms with Crippen molar-refractivity contribution in [2.45, 2.75) is 32.1 Å². The number of carbonyl (C=O) groups is 3. The van der Waals surface area contributed by atoms with Crippen LogP contribution in [0.1, 0.15) is 42.5 Å². The lowest BCUT2D eigenvalue weighted by Gasteiger charge is -2.32. The highest BCUT2D eigenvalue weighted by Crippen LogP contribution is 2.26. The summed E-state index contributed by atoms with van der Waals surface area (Å²) in [5.41, 5.74) is 1.05. The normalized spacial score (nSPS) is 17.3. The summed E-state index contributed by atoms with van der Waals surface area (Å²) >= 11 is 0. The number of amides is 2. The molecule has 4 rings (SSSR count). The van der Waals surface area contributed by atoms with Crippen LogP contribution in [-0.4, -0.2) is 78.9 Å². The van der Waals surface area contributed by atoms with Crippen LogP contribution in [0.2, 0.25) is 0 Å². The van der Waals surface area contributed by atoms with E-state index in [0.29, 0.717) is 55.5 Å². The Bertz CT molecular complexity index is 973. The lowest BCUT2D eigenvalue weighted by atomic mass is 9.89. The minimum absolute atomic E-state index is 0.0722. The summed E-state index contributed by atoms with van der Waals surface area (Å²) in [6.45, 7) is 2.40.